The largest absolute Gasteiger partial charge is 0.401 e. The summed E-state index contributed by atoms with van der Waals surface area (Å²) in [5.41, 5.74) is 1.54. The minimum atomic E-state index is -4.35. The van der Waals surface area contributed by atoms with Crippen molar-refractivity contribution in [1.29, 1.82) is 0 Å². The topological polar surface area (TPSA) is 81.8 Å². The summed E-state index contributed by atoms with van der Waals surface area (Å²) in [6.45, 7) is -0.362. The van der Waals surface area contributed by atoms with Crippen molar-refractivity contribution in [3.05, 3.63) is 34.9 Å². The number of benzene rings is 1. The van der Waals surface area contributed by atoms with Gasteiger partial charge in [0, 0.05) is 38.2 Å². The molecule has 2 aliphatic rings. The smallest absolute Gasteiger partial charge is 0.322 e. The third-order valence-electron chi connectivity index (χ3n) is 5.11. The zero-order chi connectivity index (χ0) is 21.2. The van der Waals surface area contributed by atoms with Crippen molar-refractivity contribution in [3.8, 4) is 0 Å². The van der Waals surface area contributed by atoms with Crippen LogP contribution in [0.4, 0.5) is 13.2 Å². The molecule has 1 aromatic carbocycles. The van der Waals surface area contributed by atoms with Crippen LogP contribution in [0.5, 0.6) is 0 Å². The second kappa shape index (κ2) is 8.50. The van der Waals surface area contributed by atoms with Gasteiger partial charge in [0.2, 0.25) is 11.8 Å². The molecule has 2 N–H and O–H groups in total. The lowest BCUT2D eigenvalue weighted by Gasteiger charge is -2.29. The first kappa shape index (κ1) is 21.3. The fourth-order valence-corrected chi connectivity index (χ4v) is 3.80. The van der Waals surface area contributed by atoms with Crippen LogP contribution in [0.25, 0.3) is 0 Å². The van der Waals surface area contributed by atoms with Crippen molar-refractivity contribution in [2.24, 2.45) is 0 Å². The summed E-state index contributed by atoms with van der Waals surface area (Å²) >= 11 is 0. The normalized spacial score (nSPS) is 19.7. The number of imide groups is 1. The number of alkyl halides is 3. The maximum absolute atomic E-state index is 13.0. The van der Waals surface area contributed by atoms with Gasteiger partial charge >= 0.3 is 6.18 Å². The van der Waals surface area contributed by atoms with Gasteiger partial charge in [-0.1, -0.05) is 18.2 Å². The van der Waals surface area contributed by atoms with Crippen LogP contribution in [0.15, 0.2) is 18.2 Å². The van der Waals surface area contributed by atoms with E-state index in [9.17, 15) is 27.6 Å². The molecule has 7 nitrogen and oxygen atoms in total. The summed E-state index contributed by atoms with van der Waals surface area (Å²) in [5.74, 6) is -1.27. The van der Waals surface area contributed by atoms with Crippen molar-refractivity contribution >= 4 is 17.7 Å². The van der Waals surface area contributed by atoms with E-state index < -0.39 is 24.7 Å². The summed E-state index contributed by atoms with van der Waals surface area (Å²) in [5, 5.41) is 5.07. The molecule has 0 radical (unpaired) electrons. The quantitative estimate of drug-likeness (QED) is 0.654. The predicted octanol–water partition coefficient (Wildman–Crippen LogP) is 1.03. The Bertz CT molecular complexity index is 812. The molecular formula is C19H23F3N4O3. The maximum Gasteiger partial charge on any atom is 0.401 e. The lowest BCUT2D eigenvalue weighted by atomic mass is 10.0. The van der Waals surface area contributed by atoms with E-state index >= 15 is 0 Å². The first-order chi connectivity index (χ1) is 13.7. The Labute approximate surface area is 166 Å². The van der Waals surface area contributed by atoms with E-state index in [1.54, 1.807) is 25.2 Å². The SMILES string of the molecule is CNCCN(Cc1cccc2c1C(=O)N(C1CCC(=O)NC1=O)C2)CC(F)(F)F. The molecule has 0 aliphatic carbocycles. The number of fused-ring (bicyclic) bond motifs is 1. The van der Waals surface area contributed by atoms with Crippen LogP contribution in [0.3, 0.4) is 0 Å². The molecule has 0 bridgehead atoms. The van der Waals surface area contributed by atoms with Crippen LogP contribution < -0.4 is 10.6 Å². The van der Waals surface area contributed by atoms with Crippen LogP contribution in [0, 0.1) is 0 Å². The van der Waals surface area contributed by atoms with Gasteiger partial charge in [-0.25, -0.2) is 0 Å². The summed E-state index contributed by atoms with van der Waals surface area (Å²) in [7, 11) is 1.66. The van der Waals surface area contributed by atoms with Gasteiger partial charge in [-0.05, 0) is 24.6 Å². The number of amides is 3. The molecule has 0 aromatic heterocycles. The van der Waals surface area contributed by atoms with Crippen molar-refractivity contribution in [1.82, 2.24) is 20.4 Å². The summed E-state index contributed by atoms with van der Waals surface area (Å²) < 4.78 is 38.9. The summed E-state index contributed by atoms with van der Waals surface area (Å²) in [4.78, 5) is 39.2. The third kappa shape index (κ3) is 4.94. The highest BCUT2D eigenvalue weighted by atomic mass is 19.4. The average molecular weight is 412 g/mol. The molecule has 3 rings (SSSR count). The Hall–Kier alpha value is -2.46. The van der Waals surface area contributed by atoms with Crippen molar-refractivity contribution in [2.45, 2.75) is 38.1 Å². The van der Waals surface area contributed by atoms with Crippen LogP contribution >= 0.6 is 0 Å². The van der Waals surface area contributed by atoms with Gasteiger partial charge in [-0.3, -0.25) is 24.6 Å². The first-order valence-electron chi connectivity index (χ1n) is 9.38. The molecule has 1 saturated heterocycles. The number of rotatable bonds is 7. The molecule has 1 aromatic rings. The third-order valence-corrected chi connectivity index (χ3v) is 5.11. The highest BCUT2D eigenvalue weighted by Crippen LogP contribution is 2.30. The second-order valence-electron chi connectivity index (χ2n) is 7.28. The van der Waals surface area contributed by atoms with Crippen LogP contribution in [-0.4, -0.2) is 66.4 Å². The predicted molar refractivity (Wildman–Crippen MR) is 97.7 cm³/mol. The van der Waals surface area contributed by atoms with E-state index in [-0.39, 0.29) is 44.3 Å². The Balaban J connectivity index is 1.81. The fraction of sp³-hybridized carbons (Fsp3) is 0.526. The van der Waals surface area contributed by atoms with Crippen molar-refractivity contribution in [2.75, 3.05) is 26.7 Å². The highest BCUT2D eigenvalue weighted by molar-refractivity contribution is 6.05. The van der Waals surface area contributed by atoms with Gasteiger partial charge in [0.1, 0.15) is 6.04 Å². The molecule has 1 fully saturated rings. The number of likely N-dealkylation sites (N-methyl/N-ethyl adjacent to an activating group) is 1. The zero-order valence-electron chi connectivity index (χ0n) is 16.0. The van der Waals surface area contributed by atoms with Crippen LogP contribution in [0.1, 0.15) is 34.3 Å². The molecular weight excluding hydrogens is 389 g/mol. The Morgan fingerprint density at radius 3 is 2.69 bits per heavy atom. The number of hydrogen-bond acceptors (Lipinski definition) is 5. The minimum Gasteiger partial charge on any atom is -0.322 e. The molecule has 2 aliphatic heterocycles. The van der Waals surface area contributed by atoms with Crippen LogP contribution in [-0.2, 0) is 22.7 Å². The number of nitrogens with one attached hydrogen (secondary N) is 2. The number of nitrogens with zero attached hydrogens (tertiary/aromatic N) is 2. The van der Waals surface area contributed by atoms with Gasteiger partial charge in [0.25, 0.3) is 5.91 Å². The lowest BCUT2D eigenvalue weighted by Crippen LogP contribution is -2.52. The molecule has 2 heterocycles. The molecule has 1 unspecified atom stereocenters. The van der Waals surface area contributed by atoms with Gasteiger partial charge in [-0.15, -0.1) is 0 Å². The van der Waals surface area contributed by atoms with Gasteiger partial charge in [0.05, 0.1) is 6.54 Å². The minimum absolute atomic E-state index is 0.0285. The average Bonchev–Trinajstić information content (AvgIpc) is 2.96. The molecule has 1 atom stereocenters. The van der Waals surface area contributed by atoms with E-state index in [0.29, 0.717) is 23.2 Å². The zero-order valence-corrected chi connectivity index (χ0v) is 16.0. The first-order valence-corrected chi connectivity index (χ1v) is 9.38. The Morgan fingerprint density at radius 2 is 2.03 bits per heavy atom. The number of carbonyl (C=O) groups is 3. The van der Waals surface area contributed by atoms with Crippen LogP contribution in [0.2, 0.25) is 0 Å². The number of halogens is 3. The molecule has 0 spiro atoms. The monoisotopic (exact) mass is 412 g/mol. The Kier molecular flexibility index (Phi) is 6.23. The van der Waals surface area contributed by atoms with E-state index in [4.69, 9.17) is 0 Å². The Morgan fingerprint density at radius 1 is 1.28 bits per heavy atom. The van der Waals surface area contributed by atoms with E-state index in [1.165, 1.54) is 9.80 Å². The lowest BCUT2D eigenvalue weighted by molar-refractivity contribution is -0.147. The van der Waals surface area contributed by atoms with Gasteiger partial charge < -0.3 is 10.2 Å². The summed E-state index contributed by atoms with van der Waals surface area (Å²) in [6.07, 6.45) is -3.97. The van der Waals surface area contributed by atoms with E-state index in [1.807, 2.05) is 0 Å². The summed E-state index contributed by atoms with van der Waals surface area (Å²) in [6, 6.07) is 4.34. The maximum atomic E-state index is 13.0. The molecule has 29 heavy (non-hydrogen) atoms. The van der Waals surface area contributed by atoms with Crippen molar-refractivity contribution in [3.63, 3.8) is 0 Å². The number of piperidine rings is 1. The number of carbonyl (C=O) groups excluding carboxylic acids is 3. The van der Waals surface area contributed by atoms with E-state index in [0.717, 1.165) is 0 Å². The second-order valence-corrected chi connectivity index (χ2v) is 7.28. The molecule has 10 heteroatoms. The molecule has 0 saturated carbocycles. The van der Waals surface area contributed by atoms with E-state index in [2.05, 4.69) is 10.6 Å². The van der Waals surface area contributed by atoms with Gasteiger partial charge in [-0.2, -0.15) is 13.2 Å². The molecule has 3 amide bonds. The van der Waals surface area contributed by atoms with Gasteiger partial charge in [0.15, 0.2) is 0 Å². The molecule has 158 valence electrons. The highest BCUT2D eigenvalue weighted by Gasteiger charge is 2.40. The standard InChI is InChI=1S/C19H23F3N4O3/c1-23-7-8-25(11-19(20,21)22)9-12-3-2-4-13-10-26(18(29)16(12)13)14-5-6-15(27)24-17(14)28/h2-4,14,23H,5-11H2,1H3,(H,24,27,28). The van der Waals surface area contributed by atoms with Crippen molar-refractivity contribution < 1.29 is 27.6 Å². The fourth-order valence-electron chi connectivity index (χ4n) is 3.80. The number of hydrogen-bond donors (Lipinski definition) is 2.